The molecule has 0 aliphatic rings. The normalized spacial score (nSPS) is 12.6. The van der Waals surface area contributed by atoms with Gasteiger partial charge in [-0.05, 0) is 40.5 Å². The molecule has 0 amide bonds. The van der Waals surface area contributed by atoms with E-state index in [1.807, 2.05) is 25.4 Å². The van der Waals surface area contributed by atoms with Crippen molar-refractivity contribution in [2.24, 2.45) is 5.73 Å². The fraction of sp³-hybridized carbons (Fsp3) is 0.273. The van der Waals surface area contributed by atoms with E-state index in [9.17, 15) is 0 Å². The Bertz CT molecular complexity index is 484. The fourth-order valence-electron chi connectivity index (χ4n) is 1.29. The lowest BCUT2D eigenvalue weighted by Crippen LogP contribution is -2.08. The van der Waals surface area contributed by atoms with Crippen molar-refractivity contribution >= 4 is 39.0 Å². The number of hydrogen-bond acceptors (Lipinski definition) is 5. The van der Waals surface area contributed by atoms with E-state index in [4.69, 9.17) is 5.73 Å². The zero-order valence-electron chi connectivity index (χ0n) is 9.26. The summed E-state index contributed by atoms with van der Waals surface area (Å²) in [6, 6.07) is 4.13. The number of rotatable bonds is 4. The fourth-order valence-corrected chi connectivity index (χ4v) is 3.77. The van der Waals surface area contributed by atoms with Gasteiger partial charge >= 0.3 is 0 Å². The molecular formula is C11H12BrN3S2. The van der Waals surface area contributed by atoms with Gasteiger partial charge in [0, 0.05) is 23.8 Å². The van der Waals surface area contributed by atoms with Crippen molar-refractivity contribution in [3.8, 4) is 0 Å². The first-order chi connectivity index (χ1) is 8.19. The van der Waals surface area contributed by atoms with Crippen LogP contribution in [0, 0.1) is 6.92 Å². The van der Waals surface area contributed by atoms with Gasteiger partial charge in [-0.25, -0.2) is 9.97 Å². The number of nitrogens with zero attached hydrogens (tertiary/aromatic N) is 2. The molecule has 2 aromatic rings. The first-order valence-corrected chi connectivity index (χ1v) is 7.58. The van der Waals surface area contributed by atoms with Crippen molar-refractivity contribution in [1.29, 1.82) is 0 Å². The molecule has 2 aromatic heterocycles. The molecule has 1 unspecified atom stereocenters. The second kappa shape index (κ2) is 5.95. The minimum Gasteiger partial charge on any atom is -0.329 e. The summed E-state index contributed by atoms with van der Waals surface area (Å²) < 4.78 is 1.12. The first kappa shape index (κ1) is 13.0. The Balaban J connectivity index is 2.12. The van der Waals surface area contributed by atoms with E-state index in [1.165, 1.54) is 4.88 Å². The molecule has 0 fully saturated rings. The highest BCUT2D eigenvalue weighted by Gasteiger charge is 2.15. The van der Waals surface area contributed by atoms with Crippen LogP contribution in [0.25, 0.3) is 0 Å². The second-order valence-electron chi connectivity index (χ2n) is 3.53. The molecule has 0 aliphatic carbocycles. The van der Waals surface area contributed by atoms with E-state index >= 15 is 0 Å². The van der Waals surface area contributed by atoms with Crippen molar-refractivity contribution in [1.82, 2.24) is 9.97 Å². The van der Waals surface area contributed by atoms with E-state index in [0.29, 0.717) is 6.54 Å². The third-order valence-electron chi connectivity index (χ3n) is 2.13. The number of nitrogens with two attached hydrogens (primary N) is 1. The molecule has 0 aliphatic heterocycles. The third-order valence-corrected chi connectivity index (χ3v) is 5.17. The van der Waals surface area contributed by atoms with Gasteiger partial charge in [0.25, 0.3) is 0 Å². The highest BCUT2D eigenvalue weighted by molar-refractivity contribution is 9.11. The lowest BCUT2D eigenvalue weighted by molar-refractivity contribution is 0.913. The monoisotopic (exact) mass is 329 g/mol. The highest BCUT2D eigenvalue weighted by atomic mass is 79.9. The molecule has 0 aromatic carbocycles. The van der Waals surface area contributed by atoms with Gasteiger partial charge in [0.2, 0.25) is 0 Å². The maximum absolute atomic E-state index is 5.81. The summed E-state index contributed by atoms with van der Waals surface area (Å²) in [5.74, 6) is 0. The molecule has 6 heteroatoms. The molecule has 0 saturated heterocycles. The van der Waals surface area contributed by atoms with Crippen LogP contribution in [0.15, 0.2) is 33.5 Å². The zero-order chi connectivity index (χ0) is 12.3. The van der Waals surface area contributed by atoms with Crippen LogP contribution >= 0.6 is 39.0 Å². The SMILES string of the molecule is Cc1cnc(SC(CN)c2ccc(Br)s2)nc1. The van der Waals surface area contributed by atoms with Crippen LogP contribution in [-0.4, -0.2) is 16.5 Å². The summed E-state index contributed by atoms with van der Waals surface area (Å²) in [4.78, 5) is 9.82. The molecule has 2 rings (SSSR count). The molecule has 0 saturated carbocycles. The molecule has 0 radical (unpaired) electrons. The molecule has 17 heavy (non-hydrogen) atoms. The van der Waals surface area contributed by atoms with E-state index in [1.54, 1.807) is 23.1 Å². The number of hydrogen-bond donors (Lipinski definition) is 1. The molecule has 0 bridgehead atoms. The van der Waals surface area contributed by atoms with E-state index in [0.717, 1.165) is 14.5 Å². The number of thioether (sulfide) groups is 1. The largest absolute Gasteiger partial charge is 0.329 e. The minimum absolute atomic E-state index is 0.217. The Morgan fingerprint density at radius 1 is 1.41 bits per heavy atom. The smallest absolute Gasteiger partial charge is 0.188 e. The maximum atomic E-state index is 5.81. The van der Waals surface area contributed by atoms with Gasteiger partial charge < -0.3 is 5.73 Å². The quantitative estimate of drug-likeness (QED) is 0.689. The summed E-state index contributed by atoms with van der Waals surface area (Å²) in [6.45, 7) is 2.56. The van der Waals surface area contributed by atoms with Crippen LogP contribution in [0.5, 0.6) is 0 Å². The average molecular weight is 330 g/mol. The topological polar surface area (TPSA) is 51.8 Å². The summed E-state index contributed by atoms with van der Waals surface area (Å²) >= 11 is 6.77. The van der Waals surface area contributed by atoms with Gasteiger partial charge in [0.05, 0.1) is 9.04 Å². The summed E-state index contributed by atoms with van der Waals surface area (Å²) in [5, 5.41) is 0.990. The first-order valence-electron chi connectivity index (χ1n) is 5.09. The van der Waals surface area contributed by atoms with Gasteiger partial charge in [-0.15, -0.1) is 11.3 Å². The van der Waals surface area contributed by atoms with Crippen molar-refractivity contribution in [2.75, 3.05) is 6.54 Å². The van der Waals surface area contributed by atoms with Gasteiger partial charge in [-0.2, -0.15) is 0 Å². The zero-order valence-corrected chi connectivity index (χ0v) is 12.5. The summed E-state index contributed by atoms with van der Waals surface area (Å²) in [7, 11) is 0. The van der Waals surface area contributed by atoms with Gasteiger partial charge in [0.15, 0.2) is 5.16 Å². The van der Waals surface area contributed by atoms with Crippen molar-refractivity contribution < 1.29 is 0 Å². The van der Waals surface area contributed by atoms with Crippen LogP contribution < -0.4 is 5.73 Å². The van der Waals surface area contributed by atoms with Crippen LogP contribution in [0.3, 0.4) is 0 Å². The lowest BCUT2D eigenvalue weighted by Gasteiger charge is -2.10. The lowest BCUT2D eigenvalue weighted by atomic mass is 10.3. The van der Waals surface area contributed by atoms with E-state index in [-0.39, 0.29) is 5.25 Å². The standard InChI is InChI=1S/C11H12BrN3S2/c1-7-5-14-11(15-6-7)17-9(4-13)8-2-3-10(12)16-8/h2-3,5-6,9H,4,13H2,1H3. The van der Waals surface area contributed by atoms with E-state index < -0.39 is 0 Å². The summed E-state index contributed by atoms with van der Waals surface area (Å²) in [6.07, 6.45) is 3.65. The van der Waals surface area contributed by atoms with Gasteiger partial charge in [-0.3, -0.25) is 0 Å². The molecule has 1 atom stereocenters. The second-order valence-corrected chi connectivity index (χ2v) is 7.19. The number of aryl methyl sites for hydroxylation is 1. The minimum atomic E-state index is 0.217. The van der Waals surface area contributed by atoms with Crippen molar-refractivity contribution in [3.63, 3.8) is 0 Å². The van der Waals surface area contributed by atoms with Crippen molar-refractivity contribution in [3.05, 3.63) is 38.8 Å². The average Bonchev–Trinajstić information content (AvgIpc) is 2.75. The number of aromatic nitrogens is 2. The molecular weight excluding hydrogens is 318 g/mol. The Kier molecular flexibility index (Phi) is 4.55. The van der Waals surface area contributed by atoms with Crippen molar-refractivity contribution in [2.45, 2.75) is 17.3 Å². The molecule has 3 nitrogen and oxygen atoms in total. The number of halogens is 1. The van der Waals surface area contributed by atoms with E-state index in [2.05, 4.69) is 32.0 Å². The Morgan fingerprint density at radius 2 is 2.12 bits per heavy atom. The maximum Gasteiger partial charge on any atom is 0.188 e. The van der Waals surface area contributed by atoms with Crippen LogP contribution in [0.1, 0.15) is 15.7 Å². The molecule has 2 N–H and O–H groups in total. The van der Waals surface area contributed by atoms with Gasteiger partial charge in [-0.1, -0.05) is 11.8 Å². The predicted molar refractivity (Wildman–Crippen MR) is 76.4 cm³/mol. The summed E-state index contributed by atoms with van der Waals surface area (Å²) in [5.41, 5.74) is 6.87. The predicted octanol–water partition coefficient (Wildman–Crippen LogP) is 3.40. The Morgan fingerprint density at radius 3 is 2.65 bits per heavy atom. The number of thiophene rings is 1. The van der Waals surface area contributed by atoms with Crippen LogP contribution in [-0.2, 0) is 0 Å². The molecule has 90 valence electrons. The third kappa shape index (κ3) is 3.51. The van der Waals surface area contributed by atoms with Gasteiger partial charge in [0.1, 0.15) is 0 Å². The molecule has 0 spiro atoms. The van der Waals surface area contributed by atoms with Crippen LogP contribution in [0.2, 0.25) is 0 Å². The Labute approximate surface area is 117 Å². The van der Waals surface area contributed by atoms with Crippen LogP contribution in [0.4, 0.5) is 0 Å². The highest BCUT2D eigenvalue weighted by Crippen LogP contribution is 2.37. The molecule has 2 heterocycles. The Hall–Kier alpha value is -0.430.